The molecule has 0 saturated heterocycles. The van der Waals surface area contributed by atoms with Crippen molar-refractivity contribution >= 4 is 22.9 Å². The largest absolute Gasteiger partial charge is 0.243 e. The lowest BCUT2D eigenvalue weighted by atomic mass is 10.2. The van der Waals surface area contributed by atoms with Crippen molar-refractivity contribution in [3.05, 3.63) is 35.9 Å². The van der Waals surface area contributed by atoms with Gasteiger partial charge < -0.3 is 0 Å². The van der Waals surface area contributed by atoms with Gasteiger partial charge in [-0.3, -0.25) is 0 Å². The second-order valence-electron chi connectivity index (χ2n) is 3.54. The minimum Gasteiger partial charge on any atom is -0.243 e. The molecule has 0 saturated carbocycles. The highest BCUT2D eigenvalue weighted by molar-refractivity contribution is 14.1. The van der Waals surface area contributed by atoms with Crippen LogP contribution >= 0.6 is 22.9 Å². The molecular formula is C12H18IN. The first kappa shape index (κ1) is 12.0. The minimum absolute atomic E-state index is 1.06. The molecule has 0 aromatic heterocycles. The lowest BCUT2D eigenvalue weighted by molar-refractivity contribution is 0.480. The predicted octanol–water partition coefficient (Wildman–Crippen LogP) is 4.03. The average molecular weight is 303 g/mol. The summed E-state index contributed by atoms with van der Waals surface area (Å²) in [5.74, 6) is 0. The van der Waals surface area contributed by atoms with Gasteiger partial charge in [-0.25, -0.2) is 3.11 Å². The second kappa shape index (κ2) is 7.23. The molecule has 0 amide bonds. The molecule has 14 heavy (non-hydrogen) atoms. The maximum absolute atomic E-state index is 2.42. The zero-order valence-electron chi connectivity index (χ0n) is 8.75. The van der Waals surface area contributed by atoms with Crippen LogP contribution in [0, 0.1) is 0 Å². The summed E-state index contributed by atoms with van der Waals surface area (Å²) in [6, 6.07) is 10.6. The molecule has 0 aliphatic heterocycles. The van der Waals surface area contributed by atoms with Gasteiger partial charge in [0.25, 0.3) is 0 Å². The summed E-state index contributed by atoms with van der Waals surface area (Å²) in [4.78, 5) is 0. The summed E-state index contributed by atoms with van der Waals surface area (Å²) < 4.78 is 2.36. The Morgan fingerprint density at radius 3 is 2.50 bits per heavy atom. The van der Waals surface area contributed by atoms with Gasteiger partial charge in [-0.15, -0.1) is 0 Å². The number of nitrogens with zero attached hydrogens (tertiary/aromatic N) is 1. The monoisotopic (exact) mass is 303 g/mol. The van der Waals surface area contributed by atoms with E-state index in [0.717, 1.165) is 6.54 Å². The number of unbranched alkanes of at least 4 members (excludes halogenated alkanes) is 2. The number of hydrogen-bond acceptors (Lipinski definition) is 1. The van der Waals surface area contributed by atoms with Crippen molar-refractivity contribution in [3.63, 3.8) is 0 Å². The smallest absolute Gasteiger partial charge is 0.0332 e. The van der Waals surface area contributed by atoms with E-state index >= 15 is 0 Å². The van der Waals surface area contributed by atoms with Crippen molar-refractivity contribution in [2.24, 2.45) is 0 Å². The van der Waals surface area contributed by atoms with Gasteiger partial charge in [0.1, 0.15) is 0 Å². The van der Waals surface area contributed by atoms with Crippen molar-refractivity contribution in [1.82, 2.24) is 3.11 Å². The van der Waals surface area contributed by atoms with Crippen molar-refractivity contribution in [3.8, 4) is 0 Å². The van der Waals surface area contributed by atoms with Gasteiger partial charge in [0.15, 0.2) is 0 Å². The van der Waals surface area contributed by atoms with Gasteiger partial charge in [0.2, 0.25) is 0 Å². The summed E-state index contributed by atoms with van der Waals surface area (Å²) in [5, 5.41) is 0. The Balaban J connectivity index is 2.23. The molecule has 0 unspecified atom stereocenters. The van der Waals surface area contributed by atoms with Gasteiger partial charge in [0.05, 0.1) is 0 Å². The molecule has 0 fully saturated rings. The maximum atomic E-state index is 2.42. The molecule has 1 nitrogen and oxygen atoms in total. The maximum Gasteiger partial charge on any atom is 0.0332 e. The van der Waals surface area contributed by atoms with E-state index in [1.54, 1.807) is 0 Å². The van der Waals surface area contributed by atoms with E-state index in [1.807, 2.05) is 0 Å². The summed E-state index contributed by atoms with van der Waals surface area (Å²) in [6.07, 6.45) is 3.95. The van der Waals surface area contributed by atoms with Crippen LogP contribution in [-0.2, 0) is 6.54 Å². The van der Waals surface area contributed by atoms with E-state index in [-0.39, 0.29) is 0 Å². The molecule has 0 aliphatic rings. The molecule has 0 bridgehead atoms. The average Bonchev–Trinajstić information content (AvgIpc) is 2.20. The fourth-order valence-electron chi connectivity index (χ4n) is 1.39. The number of benzene rings is 1. The van der Waals surface area contributed by atoms with Crippen LogP contribution in [0.15, 0.2) is 30.3 Å². The van der Waals surface area contributed by atoms with Crippen LogP contribution in [0.3, 0.4) is 0 Å². The lowest BCUT2D eigenvalue weighted by Crippen LogP contribution is -2.12. The first-order valence-electron chi connectivity index (χ1n) is 5.27. The van der Waals surface area contributed by atoms with Crippen molar-refractivity contribution in [2.75, 3.05) is 6.54 Å². The molecule has 0 spiro atoms. The van der Waals surface area contributed by atoms with Crippen LogP contribution in [0.25, 0.3) is 0 Å². The third-order valence-electron chi connectivity index (χ3n) is 2.20. The van der Waals surface area contributed by atoms with E-state index in [1.165, 1.54) is 31.4 Å². The number of halogens is 1. The first-order valence-corrected chi connectivity index (χ1v) is 6.24. The summed E-state index contributed by atoms with van der Waals surface area (Å²) >= 11 is 2.42. The lowest BCUT2D eigenvalue weighted by Gasteiger charge is -2.13. The highest BCUT2D eigenvalue weighted by Gasteiger charge is 2.00. The van der Waals surface area contributed by atoms with E-state index < -0.39 is 0 Å². The highest BCUT2D eigenvalue weighted by atomic mass is 127. The van der Waals surface area contributed by atoms with Gasteiger partial charge >= 0.3 is 0 Å². The van der Waals surface area contributed by atoms with Gasteiger partial charge in [-0.1, -0.05) is 50.1 Å². The molecule has 1 aromatic rings. The second-order valence-corrected chi connectivity index (χ2v) is 4.90. The van der Waals surface area contributed by atoms with Gasteiger partial charge in [-0.2, -0.15) is 0 Å². The SMILES string of the molecule is CCCCCN(I)Cc1ccccc1. The van der Waals surface area contributed by atoms with Crippen LogP contribution in [0.2, 0.25) is 0 Å². The Morgan fingerprint density at radius 2 is 1.86 bits per heavy atom. The van der Waals surface area contributed by atoms with Crippen LogP contribution in [0.5, 0.6) is 0 Å². The zero-order valence-corrected chi connectivity index (χ0v) is 10.9. The third kappa shape index (κ3) is 4.96. The molecule has 1 rings (SSSR count). The Labute approximate surface area is 101 Å². The quantitative estimate of drug-likeness (QED) is 0.436. The Kier molecular flexibility index (Phi) is 6.19. The normalized spacial score (nSPS) is 10.8. The molecule has 1 aromatic carbocycles. The van der Waals surface area contributed by atoms with Crippen molar-refractivity contribution in [1.29, 1.82) is 0 Å². The molecule has 0 heterocycles. The zero-order chi connectivity index (χ0) is 10.2. The standard InChI is InChI=1S/C12H18IN/c1-2-3-7-10-14(13)11-12-8-5-4-6-9-12/h4-6,8-9H,2-3,7,10-11H2,1H3. The van der Waals surface area contributed by atoms with Gasteiger partial charge in [0, 0.05) is 36.0 Å². The fraction of sp³-hybridized carbons (Fsp3) is 0.500. The molecule has 0 atom stereocenters. The highest BCUT2D eigenvalue weighted by Crippen LogP contribution is 2.10. The molecule has 0 radical (unpaired) electrons. The summed E-state index contributed by atoms with van der Waals surface area (Å²) in [7, 11) is 0. The third-order valence-corrected chi connectivity index (χ3v) is 3.02. The fourth-order valence-corrected chi connectivity index (χ4v) is 2.13. The van der Waals surface area contributed by atoms with Crippen molar-refractivity contribution in [2.45, 2.75) is 32.7 Å². The molecule has 0 N–H and O–H groups in total. The first-order chi connectivity index (χ1) is 6.83. The molecule has 2 heteroatoms. The van der Waals surface area contributed by atoms with E-state index in [9.17, 15) is 0 Å². The van der Waals surface area contributed by atoms with E-state index in [4.69, 9.17) is 0 Å². The van der Waals surface area contributed by atoms with Crippen LogP contribution < -0.4 is 0 Å². The van der Waals surface area contributed by atoms with Crippen molar-refractivity contribution < 1.29 is 0 Å². The summed E-state index contributed by atoms with van der Waals surface area (Å²) in [6.45, 7) is 4.50. The topological polar surface area (TPSA) is 3.24 Å². The Morgan fingerprint density at radius 1 is 1.14 bits per heavy atom. The molecule has 78 valence electrons. The van der Waals surface area contributed by atoms with E-state index in [0.29, 0.717) is 0 Å². The Hall–Kier alpha value is -0.0900. The minimum atomic E-state index is 1.06. The Bertz CT molecular complexity index is 235. The van der Waals surface area contributed by atoms with E-state index in [2.05, 4.69) is 63.2 Å². The van der Waals surface area contributed by atoms with Gasteiger partial charge in [-0.05, 0) is 12.0 Å². The predicted molar refractivity (Wildman–Crippen MR) is 70.4 cm³/mol. The molecular weight excluding hydrogens is 285 g/mol. The number of hydrogen-bond donors (Lipinski definition) is 0. The van der Waals surface area contributed by atoms with Crippen LogP contribution in [0.1, 0.15) is 31.7 Å². The van der Waals surface area contributed by atoms with Crippen LogP contribution in [0.4, 0.5) is 0 Å². The van der Waals surface area contributed by atoms with Crippen LogP contribution in [-0.4, -0.2) is 9.66 Å². The molecule has 0 aliphatic carbocycles. The summed E-state index contributed by atoms with van der Waals surface area (Å²) in [5.41, 5.74) is 1.40. The number of rotatable bonds is 6.